The number of nitrogens with one attached hydrogen (secondary N) is 1. The first kappa shape index (κ1) is 13.7. The van der Waals surface area contributed by atoms with Gasteiger partial charge in [0.1, 0.15) is 6.04 Å². The molecule has 1 aromatic carbocycles. The zero-order valence-corrected chi connectivity index (χ0v) is 10.5. The van der Waals surface area contributed by atoms with Crippen LogP contribution in [0.15, 0.2) is 24.3 Å². The highest BCUT2D eigenvalue weighted by Crippen LogP contribution is 2.06. The van der Waals surface area contributed by atoms with Crippen LogP contribution in [-0.2, 0) is 27.4 Å². The Bertz CT molecular complexity index is 365. The van der Waals surface area contributed by atoms with Crippen LogP contribution in [0.1, 0.15) is 18.1 Å². The Morgan fingerprint density at radius 1 is 1.35 bits per heavy atom. The van der Waals surface area contributed by atoms with E-state index in [4.69, 9.17) is 4.74 Å². The molecule has 0 unspecified atom stereocenters. The van der Waals surface area contributed by atoms with Crippen molar-refractivity contribution in [3.05, 3.63) is 35.4 Å². The van der Waals surface area contributed by atoms with Gasteiger partial charge in [-0.25, -0.2) is 0 Å². The topological polar surface area (TPSA) is 47.6 Å². The second-order valence-corrected chi connectivity index (χ2v) is 3.88. The summed E-state index contributed by atoms with van der Waals surface area (Å²) in [6.07, 6.45) is 0. The summed E-state index contributed by atoms with van der Waals surface area (Å²) in [4.78, 5) is 11.2. The zero-order valence-electron chi connectivity index (χ0n) is 10.5. The zero-order chi connectivity index (χ0) is 12.7. The maximum Gasteiger partial charge on any atom is 0.322 e. The largest absolute Gasteiger partial charge is 0.468 e. The van der Waals surface area contributed by atoms with Gasteiger partial charge in [-0.05, 0) is 18.1 Å². The summed E-state index contributed by atoms with van der Waals surface area (Å²) in [7, 11) is 3.06. The monoisotopic (exact) mass is 237 g/mol. The number of rotatable bonds is 6. The Morgan fingerprint density at radius 3 is 2.71 bits per heavy atom. The lowest BCUT2D eigenvalue weighted by Gasteiger charge is -2.12. The molecule has 0 saturated heterocycles. The molecule has 4 nitrogen and oxygen atoms in total. The maximum absolute atomic E-state index is 11.2. The number of benzene rings is 1. The number of hydrogen-bond donors (Lipinski definition) is 1. The molecule has 0 aliphatic heterocycles. The number of esters is 1. The number of methoxy groups -OCH3 is 2. The Kier molecular flexibility index (Phi) is 5.66. The molecule has 1 aromatic rings. The molecule has 0 bridgehead atoms. The summed E-state index contributed by atoms with van der Waals surface area (Å²) in [5, 5.41) is 3.10. The summed E-state index contributed by atoms with van der Waals surface area (Å²) in [6.45, 7) is 3.01. The predicted octanol–water partition coefficient (Wildman–Crippen LogP) is 1.48. The fourth-order valence-corrected chi connectivity index (χ4v) is 1.53. The lowest BCUT2D eigenvalue weighted by molar-refractivity contribution is -0.142. The molecule has 0 heterocycles. The molecular weight excluding hydrogens is 218 g/mol. The summed E-state index contributed by atoms with van der Waals surface area (Å²) in [5.74, 6) is -0.252. The van der Waals surface area contributed by atoms with E-state index in [2.05, 4.69) is 16.1 Å². The van der Waals surface area contributed by atoms with Gasteiger partial charge < -0.3 is 14.8 Å². The minimum Gasteiger partial charge on any atom is -0.468 e. The SMILES string of the molecule is COCc1cccc(CN[C@@H](C)C(=O)OC)c1. The van der Waals surface area contributed by atoms with Crippen LogP contribution in [0.2, 0.25) is 0 Å². The molecule has 0 fully saturated rings. The van der Waals surface area contributed by atoms with Gasteiger partial charge in [0.2, 0.25) is 0 Å². The summed E-state index contributed by atoms with van der Waals surface area (Å²) in [5.41, 5.74) is 2.24. The van der Waals surface area contributed by atoms with Crippen molar-refractivity contribution in [1.82, 2.24) is 5.32 Å². The van der Waals surface area contributed by atoms with Gasteiger partial charge in [0.05, 0.1) is 13.7 Å². The highest BCUT2D eigenvalue weighted by molar-refractivity contribution is 5.75. The van der Waals surface area contributed by atoms with E-state index >= 15 is 0 Å². The molecule has 4 heteroatoms. The first-order valence-electron chi connectivity index (χ1n) is 5.55. The summed E-state index contributed by atoms with van der Waals surface area (Å²) in [6, 6.07) is 7.76. The fourth-order valence-electron chi connectivity index (χ4n) is 1.53. The first-order valence-corrected chi connectivity index (χ1v) is 5.55. The van der Waals surface area contributed by atoms with Crippen LogP contribution in [0.3, 0.4) is 0 Å². The van der Waals surface area contributed by atoms with Crippen LogP contribution in [-0.4, -0.2) is 26.2 Å². The standard InChI is InChI=1S/C13H19NO3/c1-10(13(15)17-3)14-8-11-5-4-6-12(7-11)9-16-2/h4-7,10,14H,8-9H2,1-3H3/t10-/m0/s1. The van der Waals surface area contributed by atoms with Crippen molar-refractivity contribution < 1.29 is 14.3 Å². The Balaban J connectivity index is 2.51. The normalized spacial score (nSPS) is 12.2. The second-order valence-electron chi connectivity index (χ2n) is 3.88. The molecular formula is C13H19NO3. The van der Waals surface area contributed by atoms with Gasteiger partial charge in [-0.2, -0.15) is 0 Å². The fraction of sp³-hybridized carbons (Fsp3) is 0.462. The maximum atomic E-state index is 11.2. The molecule has 0 spiro atoms. The number of carbonyl (C=O) groups excluding carboxylic acids is 1. The van der Waals surface area contributed by atoms with E-state index in [1.54, 1.807) is 14.0 Å². The lowest BCUT2D eigenvalue weighted by atomic mass is 10.1. The molecule has 0 saturated carbocycles. The van der Waals surface area contributed by atoms with Gasteiger partial charge in [-0.15, -0.1) is 0 Å². The Hall–Kier alpha value is -1.39. The van der Waals surface area contributed by atoms with Crippen LogP contribution in [0.5, 0.6) is 0 Å². The van der Waals surface area contributed by atoms with Crippen LogP contribution >= 0.6 is 0 Å². The third kappa shape index (κ3) is 4.54. The molecule has 0 amide bonds. The number of ether oxygens (including phenoxy) is 2. The first-order chi connectivity index (χ1) is 8.17. The Labute approximate surface area is 102 Å². The highest BCUT2D eigenvalue weighted by Gasteiger charge is 2.11. The third-order valence-electron chi connectivity index (χ3n) is 2.47. The highest BCUT2D eigenvalue weighted by atomic mass is 16.5. The van der Waals surface area contributed by atoms with Crippen molar-refractivity contribution in [3.8, 4) is 0 Å². The van der Waals surface area contributed by atoms with Crippen molar-refractivity contribution in [3.63, 3.8) is 0 Å². The van der Waals surface area contributed by atoms with Gasteiger partial charge >= 0.3 is 5.97 Å². The van der Waals surface area contributed by atoms with Gasteiger partial charge in [0, 0.05) is 13.7 Å². The second kappa shape index (κ2) is 7.04. The summed E-state index contributed by atoms with van der Waals surface area (Å²) < 4.78 is 9.71. The van der Waals surface area contributed by atoms with E-state index < -0.39 is 0 Å². The van der Waals surface area contributed by atoms with Crippen molar-refractivity contribution in [1.29, 1.82) is 0 Å². The molecule has 1 N–H and O–H groups in total. The molecule has 0 aromatic heterocycles. The minimum absolute atomic E-state index is 0.252. The Morgan fingerprint density at radius 2 is 2.06 bits per heavy atom. The predicted molar refractivity (Wildman–Crippen MR) is 65.5 cm³/mol. The van der Waals surface area contributed by atoms with Gasteiger partial charge in [0.15, 0.2) is 0 Å². The number of carbonyl (C=O) groups is 1. The van der Waals surface area contributed by atoms with E-state index in [1.807, 2.05) is 18.2 Å². The lowest BCUT2D eigenvalue weighted by Crippen LogP contribution is -2.34. The van der Waals surface area contributed by atoms with Crippen molar-refractivity contribution in [2.75, 3.05) is 14.2 Å². The molecule has 0 aliphatic carbocycles. The van der Waals surface area contributed by atoms with Crippen LogP contribution < -0.4 is 5.32 Å². The van der Waals surface area contributed by atoms with Crippen LogP contribution in [0, 0.1) is 0 Å². The minimum atomic E-state index is -0.300. The van der Waals surface area contributed by atoms with E-state index in [1.165, 1.54) is 7.11 Å². The van der Waals surface area contributed by atoms with E-state index in [9.17, 15) is 4.79 Å². The van der Waals surface area contributed by atoms with Crippen molar-refractivity contribution in [2.24, 2.45) is 0 Å². The van der Waals surface area contributed by atoms with E-state index in [0.717, 1.165) is 11.1 Å². The average molecular weight is 237 g/mol. The van der Waals surface area contributed by atoms with Crippen molar-refractivity contribution in [2.45, 2.75) is 26.1 Å². The van der Waals surface area contributed by atoms with Gasteiger partial charge in [-0.1, -0.05) is 24.3 Å². The molecule has 94 valence electrons. The van der Waals surface area contributed by atoms with Crippen LogP contribution in [0.4, 0.5) is 0 Å². The smallest absolute Gasteiger partial charge is 0.322 e. The van der Waals surface area contributed by atoms with Gasteiger partial charge in [0.25, 0.3) is 0 Å². The average Bonchev–Trinajstić information content (AvgIpc) is 2.36. The van der Waals surface area contributed by atoms with Crippen LogP contribution in [0.25, 0.3) is 0 Å². The number of hydrogen-bond acceptors (Lipinski definition) is 4. The van der Waals surface area contributed by atoms with Gasteiger partial charge in [-0.3, -0.25) is 4.79 Å². The van der Waals surface area contributed by atoms with E-state index in [0.29, 0.717) is 13.2 Å². The van der Waals surface area contributed by atoms with E-state index in [-0.39, 0.29) is 12.0 Å². The van der Waals surface area contributed by atoms with Crippen molar-refractivity contribution >= 4 is 5.97 Å². The summed E-state index contributed by atoms with van der Waals surface area (Å²) >= 11 is 0. The quantitative estimate of drug-likeness (QED) is 0.761. The molecule has 0 aliphatic rings. The molecule has 1 atom stereocenters. The third-order valence-corrected chi connectivity index (χ3v) is 2.47. The molecule has 1 rings (SSSR count). The molecule has 17 heavy (non-hydrogen) atoms. The molecule has 0 radical (unpaired) electrons.